The number of hydrogen-bond donors (Lipinski definition) is 7. The van der Waals surface area contributed by atoms with Gasteiger partial charge in [0, 0.05) is 0 Å². The maximum absolute atomic E-state index is 12.9. The zero-order valence-corrected chi connectivity index (χ0v) is 32.2. The van der Waals surface area contributed by atoms with Crippen LogP contribution in [-0.2, 0) is 14.3 Å². The summed E-state index contributed by atoms with van der Waals surface area (Å²) in [6.45, 7) is 5.65. The Labute approximate surface area is 309 Å². The second-order valence-electron chi connectivity index (χ2n) is 14.4. The average Bonchev–Trinajstić information content (AvgIpc) is 3.12. The quantitative estimate of drug-likeness (QED) is 0.0320. The summed E-state index contributed by atoms with van der Waals surface area (Å²) in [6, 6.07) is -1.03. The molecule has 7 N–H and O–H groups in total. The fraction of sp³-hybridized carbons (Fsp3) is 0.829. The van der Waals surface area contributed by atoms with Crippen LogP contribution >= 0.6 is 0 Å². The number of amides is 1. The van der Waals surface area contributed by atoms with E-state index in [0.717, 1.165) is 32.1 Å². The second kappa shape index (κ2) is 30.8. The molecule has 1 amide bonds. The first-order valence-electron chi connectivity index (χ1n) is 20.2. The van der Waals surface area contributed by atoms with Crippen molar-refractivity contribution in [3.63, 3.8) is 0 Å². The highest BCUT2D eigenvalue weighted by atomic mass is 16.7. The molecule has 0 radical (unpaired) electrons. The van der Waals surface area contributed by atoms with Gasteiger partial charge in [-0.25, -0.2) is 0 Å². The molecule has 298 valence electrons. The molecular weight excluding hydrogens is 650 g/mol. The minimum atomic E-state index is -1.62. The van der Waals surface area contributed by atoms with E-state index in [2.05, 4.69) is 32.2 Å². The summed E-state index contributed by atoms with van der Waals surface area (Å²) in [7, 11) is 0. The summed E-state index contributed by atoms with van der Waals surface area (Å²) in [5, 5.41) is 64.3. The molecule has 8 atom stereocenters. The highest BCUT2D eigenvalue weighted by Crippen LogP contribution is 2.22. The molecule has 0 aromatic carbocycles. The zero-order chi connectivity index (χ0) is 37.7. The zero-order valence-electron chi connectivity index (χ0n) is 32.2. The summed E-state index contributed by atoms with van der Waals surface area (Å²) >= 11 is 0. The summed E-state index contributed by atoms with van der Waals surface area (Å²) in [4.78, 5) is 12.9. The molecule has 10 nitrogen and oxygen atoms in total. The van der Waals surface area contributed by atoms with Crippen molar-refractivity contribution in [3.8, 4) is 0 Å². The van der Waals surface area contributed by atoms with E-state index in [1.807, 2.05) is 6.08 Å². The van der Waals surface area contributed by atoms with Crippen molar-refractivity contribution >= 4 is 5.91 Å². The van der Waals surface area contributed by atoms with Gasteiger partial charge in [0.05, 0.1) is 25.4 Å². The van der Waals surface area contributed by atoms with Gasteiger partial charge in [-0.1, -0.05) is 146 Å². The Morgan fingerprint density at radius 1 is 0.725 bits per heavy atom. The van der Waals surface area contributed by atoms with E-state index in [1.54, 1.807) is 12.2 Å². The molecule has 10 heteroatoms. The molecule has 51 heavy (non-hydrogen) atoms. The molecule has 0 saturated carbocycles. The lowest BCUT2D eigenvalue weighted by Crippen LogP contribution is -2.60. The van der Waals surface area contributed by atoms with Crippen LogP contribution in [0.25, 0.3) is 0 Å². The Morgan fingerprint density at radius 3 is 1.86 bits per heavy atom. The number of aliphatic hydroxyl groups excluding tert-OH is 6. The maximum atomic E-state index is 12.9. The molecule has 1 saturated heterocycles. The molecule has 0 bridgehead atoms. The van der Waals surface area contributed by atoms with Gasteiger partial charge in [0.15, 0.2) is 12.4 Å². The third kappa shape index (κ3) is 22.2. The van der Waals surface area contributed by atoms with Crippen LogP contribution in [0.1, 0.15) is 156 Å². The lowest BCUT2D eigenvalue weighted by Gasteiger charge is -2.40. The van der Waals surface area contributed by atoms with E-state index in [1.165, 1.54) is 108 Å². The molecule has 0 aromatic heterocycles. The van der Waals surface area contributed by atoms with E-state index in [4.69, 9.17) is 9.47 Å². The molecule has 8 unspecified atom stereocenters. The van der Waals surface area contributed by atoms with Crippen LogP contribution in [0.4, 0.5) is 0 Å². The third-order valence-corrected chi connectivity index (χ3v) is 9.67. The standard InChI is InChI=1S/C41H75NO9/c1-4-6-8-10-12-13-14-15-16-18-20-24-29-35(45)40(49)42-33(31-50-41-39(48)38(47)37(46)36(30-43)51-41)34(44)28-25-21-23-27-32(3)26-22-19-17-11-9-7-5-2/h24-25,27-29,33-39,41,43-48H,4-23,26,30-31H2,1-3H3,(H,42,49). The Kier molecular flexibility index (Phi) is 28.6. The molecule has 1 aliphatic heterocycles. The number of aliphatic hydroxyl groups is 6. The highest BCUT2D eigenvalue weighted by Gasteiger charge is 2.44. The van der Waals surface area contributed by atoms with Crippen molar-refractivity contribution in [1.82, 2.24) is 5.32 Å². The molecule has 1 fully saturated rings. The molecule has 1 aliphatic rings. The lowest BCUT2D eigenvalue weighted by molar-refractivity contribution is -0.302. The monoisotopic (exact) mass is 726 g/mol. The first-order chi connectivity index (χ1) is 24.7. The number of rotatable bonds is 31. The van der Waals surface area contributed by atoms with Crippen LogP contribution in [0.2, 0.25) is 0 Å². The van der Waals surface area contributed by atoms with Gasteiger partial charge >= 0.3 is 0 Å². The lowest BCUT2D eigenvalue weighted by atomic mass is 9.99. The van der Waals surface area contributed by atoms with Gasteiger partial charge < -0.3 is 45.4 Å². The molecule has 0 aliphatic carbocycles. The molecule has 1 rings (SSSR count). The maximum Gasteiger partial charge on any atom is 0.253 e. The predicted molar refractivity (Wildman–Crippen MR) is 204 cm³/mol. The van der Waals surface area contributed by atoms with E-state index in [-0.39, 0.29) is 6.61 Å². The van der Waals surface area contributed by atoms with Gasteiger partial charge in [0.1, 0.15) is 24.4 Å². The van der Waals surface area contributed by atoms with Crippen molar-refractivity contribution in [3.05, 3.63) is 36.0 Å². The van der Waals surface area contributed by atoms with Crippen LogP contribution in [0, 0.1) is 0 Å². The van der Waals surface area contributed by atoms with E-state index in [0.29, 0.717) is 6.42 Å². The Balaban J connectivity index is 2.63. The minimum Gasteiger partial charge on any atom is -0.394 e. The first kappa shape index (κ1) is 47.4. The van der Waals surface area contributed by atoms with Crippen molar-refractivity contribution in [2.75, 3.05) is 13.2 Å². The number of carbonyl (C=O) groups excluding carboxylic acids is 1. The summed E-state index contributed by atoms with van der Waals surface area (Å²) in [6.07, 6.45) is 23.5. The van der Waals surface area contributed by atoms with Crippen molar-refractivity contribution in [2.24, 2.45) is 0 Å². The van der Waals surface area contributed by atoms with Crippen molar-refractivity contribution in [1.29, 1.82) is 0 Å². The van der Waals surface area contributed by atoms with Crippen LogP contribution in [-0.4, -0.2) is 98.7 Å². The van der Waals surface area contributed by atoms with Gasteiger partial charge in [-0.15, -0.1) is 0 Å². The van der Waals surface area contributed by atoms with Gasteiger partial charge in [-0.05, 0) is 45.4 Å². The summed E-state index contributed by atoms with van der Waals surface area (Å²) in [5.41, 5.74) is 1.35. The SMILES string of the molecule is CCCCCCCCCCCCC=CC(O)C(=O)NC(COC1OC(CO)C(O)C(O)C1O)C(O)C=CCCC=C(C)CCCCCCCCC. The van der Waals surface area contributed by atoms with E-state index >= 15 is 0 Å². The largest absolute Gasteiger partial charge is 0.394 e. The first-order valence-corrected chi connectivity index (χ1v) is 20.2. The number of ether oxygens (including phenoxy) is 2. The fourth-order valence-electron chi connectivity index (χ4n) is 6.22. The van der Waals surface area contributed by atoms with E-state index < -0.39 is 61.5 Å². The minimum absolute atomic E-state index is 0.341. The number of allylic oxidation sites excluding steroid dienone is 4. The van der Waals surface area contributed by atoms with Crippen molar-refractivity contribution in [2.45, 2.75) is 205 Å². The topological polar surface area (TPSA) is 169 Å². The number of carbonyl (C=O) groups is 1. The predicted octanol–water partition coefficient (Wildman–Crippen LogP) is 6.30. The van der Waals surface area contributed by atoms with Crippen LogP contribution < -0.4 is 5.32 Å². The van der Waals surface area contributed by atoms with E-state index in [9.17, 15) is 35.4 Å². The van der Waals surface area contributed by atoms with Gasteiger partial charge in [-0.3, -0.25) is 4.79 Å². The second-order valence-corrected chi connectivity index (χ2v) is 14.4. The Bertz CT molecular complexity index is 940. The summed E-state index contributed by atoms with van der Waals surface area (Å²) in [5.74, 6) is -0.715. The number of nitrogens with one attached hydrogen (secondary N) is 1. The summed E-state index contributed by atoms with van der Waals surface area (Å²) < 4.78 is 11.1. The van der Waals surface area contributed by atoms with Gasteiger partial charge in [0.25, 0.3) is 5.91 Å². The highest BCUT2D eigenvalue weighted by molar-refractivity contribution is 5.82. The van der Waals surface area contributed by atoms with Crippen LogP contribution in [0.15, 0.2) is 36.0 Å². The third-order valence-electron chi connectivity index (χ3n) is 9.67. The normalized spacial score (nSPS) is 23.2. The Morgan fingerprint density at radius 2 is 1.27 bits per heavy atom. The number of hydrogen-bond acceptors (Lipinski definition) is 9. The molecular formula is C41H75NO9. The molecule has 1 heterocycles. The van der Waals surface area contributed by atoms with Crippen LogP contribution in [0.3, 0.4) is 0 Å². The average molecular weight is 726 g/mol. The smallest absolute Gasteiger partial charge is 0.253 e. The fourth-order valence-corrected chi connectivity index (χ4v) is 6.22. The number of unbranched alkanes of at least 4 members (excludes halogenated alkanes) is 17. The van der Waals surface area contributed by atoms with Crippen molar-refractivity contribution < 1.29 is 44.9 Å². The molecule has 0 spiro atoms. The van der Waals surface area contributed by atoms with Gasteiger partial charge in [0.2, 0.25) is 0 Å². The van der Waals surface area contributed by atoms with Gasteiger partial charge in [-0.2, -0.15) is 0 Å². The van der Waals surface area contributed by atoms with Crippen LogP contribution in [0.5, 0.6) is 0 Å². The Hall–Kier alpha value is -1.63. The molecule has 0 aromatic rings.